The maximum atomic E-state index is 11.8. The highest BCUT2D eigenvalue weighted by Crippen LogP contribution is 2.29. The van der Waals surface area contributed by atoms with Crippen LogP contribution in [-0.2, 0) is 7.05 Å². The molecule has 0 spiro atoms. The lowest BCUT2D eigenvalue weighted by Crippen LogP contribution is -2.10. The quantitative estimate of drug-likeness (QED) is 0.695. The van der Waals surface area contributed by atoms with Crippen molar-refractivity contribution in [3.8, 4) is 0 Å². The van der Waals surface area contributed by atoms with Gasteiger partial charge in [-0.05, 0) is 30.2 Å². The Labute approximate surface area is 97.2 Å². The first kappa shape index (κ1) is 10.1. The summed E-state index contributed by atoms with van der Waals surface area (Å²) in [6.07, 6.45) is 2.33. The predicted octanol–water partition coefficient (Wildman–Crippen LogP) is 2.12. The largest absolute Gasteiger partial charge is 0.419 e. The van der Waals surface area contributed by atoms with E-state index in [1.54, 1.807) is 19.2 Å². The first-order valence-electron chi connectivity index (χ1n) is 5.42. The molecular formula is C13H11NO3. The highest BCUT2D eigenvalue weighted by Gasteiger charge is 2.19. The highest BCUT2D eigenvalue weighted by molar-refractivity contribution is 6.07. The number of Topliss-reactive ketones (excluding diaryl/α,β-unsaturated/α-hetero) is 1. The number of nitrogens with zero attached hydrogens (tertiary/aromatic N) is 1. The van der Waals surface area contributed by atoms with Gasteiger partial charge in [-0.2, -0.15) is 0 Å². The Hall–Kier alpha value is -2.10. The number of carbonyl (C=O) groups excluding carboxylic acids is 1. The number of aromatic nitrogens is 1. The van der Waals surface area contributed by atoms with E-state index in [-0.39, 0.29) is 5.78 Å². The lowest BCUT2D eigenvalue weighted by atomic mass is 9.90. The molecule has 1 aliphatic rings. The normalized spacial score (nSPS) is 14.9. The van der Waals surface area contributed by atoms with Crippen molar-refractivity contribution in [1.29, 1.82) is 0 Å². The Morgan fingerprint density at radius 2 is 2.00 bits per heavy atom. The maximum absolute atomic E-state index is 11.8. The molecule has 0 amide bonds. The number of allylic oxidation sites excluding steroid dienone is 2. The smallest absolute Gasteiger partial charge is 0.408 e. The fraction of sp³-hybridized carbons (Fsp3) is 0.231. The Bertz CT molecular complexity index is 731. The third kappa shape index (κ3) is 1.30. The van der Waals surface area contributed by atoms with Crippen molar-refractivity contribution in [2.45, 2.75) is 13.3 Å². The second-order valence-electron chi connectivity index (χ2n) is 4.31. The van der Waals surface area contributed by atoms with E-state index in [9.17, 15) is 9.59 Å². The van der Waals surface area contributed by atoms with Crippen LogP contribution in [0.4, 0.5) is 0 Å². The molecule has 1 heterocycles. The molecule has 1 aliphatic carbocycles. The minimum Gasteiger partial charge on any atom is -0.408 e. The van der Waals surface area contributed by atoms with Crippen molar-refractivity contribution in [2.75, 3.05) is 0 Å². The van der Waals surface area contributed by atoms with Gasteiger partial charge in [-0.3, -0.25) is 9.36 Å². The number of benzene rings is 1. The van der Waals surface area contributed by atoms with Crippen LogP contribution in [0.2, 0.25) is 0 Å². The summed E-state index contributed by atoms with van der Waals surface area (Å²) in [5, 5.41) is 0. The molecule has 2 aromatic rings. The summed E-state index contributed by atoms with van der Waals surface area (Å²) in [6.45, 7) is 1.96. The van der Waals surface area contributed by atoms with Gasteiger partial charge in [0.15, 0.2) is 11.4 Å². The number of ketones is 1. The van der Waals surface area contributed by atoms with Crippen LogP contribution in [0.25, 0.3) is 16.7 Å². The van der Waals surface area contributed by atoms with E-state index >= 15 is 0 Å². The Morgan fingerprint density at radius 1 is 1.24 bits per heavy atom. The molecule has 0 aliphatic heterocycles. The van der Waals surface area contributed by atoms with Gasteiger partial charge in [-0.25, -0.2) is 4.79 Å². The van der Waals surface area contributed by atoms with Crippen LogP contribution in [-0.4, -0.2) is 10.4 Å². The van der Waals surface area contributed by atoms with E-state index < -0.39 is 5.76 Å². The highest BCUT2D eigenvalue weighted by atomic mass is 16.4. The molecule has 86 valence electrons. The Morgan fingerprint density at radius 3 is 2.76 bits per heavy atom. The second kappa shape index (κ2) is 3.20. The van der Waals surface area contributed by atoms with Gasteiger partial charge in [0.25, 0.3) is 0 Å². The molecule has 0 fully saturated rings. The van der Waals surface area contributed by atoms with Gasteiger partial charge >= 0.3 is 5.76 Å². The van der Waals surface area contributed by atoms with Crippen LogP contribution in [0.3, 0.4) is 0 Å². The van der Waals surface area contributed by atoms with Gasteiger partial charge in [0, 0.05) is 19.0 Å². The van der Waals surface area contributed by atoms with Crippen LogP contribution in [0.15, 0.2) is 27.4 Å². The molecule has 4 nitrogen and oxygen atoms in total. The van der Waals surface area contributed by atoms with Crippen molar-refractivity contribution >= 4 is 22.5 Å². The summed E-state index contributed by atoms with van der Waals surface area (Å²) in [5.41, 5.74) is 3.78. The van der Waals surface area contributed by atoms with Crippen molar-refractivity contribution in [3.05, 3.63) is 39.9 Å². The number of rotatable bonds is 0. The molecule has 0 bridgehead atoms. The molecule has 0 saturated carbocycles. The van der Waals surface area contributed by atoms with Gasteiger partial charge < -0.3 is 4.42 Å². The van der Waals surface area contributed by atoms with Crippen LogP contribution in [0.5, 0.6) is 0 Å². The summed E-state index contributed by atoms with van der Waals surface area (Å²) in [6, 6.07) is 3.52. The molecule has 0 radical (unpaired) electrons. The van der Waals surface area contributed by atoms with Gasteiger partial charge in [0.05, 0.1) is 5.52 Å². The third-order valence-corrected chi connectivity index (χ3v) is 3.25. The first-order chi connectivity index (χ1) is 8.08. The summed E-state index contributed by atoms with van der Waals surface area (Å²) in [4.78, 5) is 23.2. The summed E-state index contributed by atoms with van der Waals surface area (Å²) in [7, 11) is 1.64. The first-order valence-corrected chi connectivity index (χ1v) is 5.42. The standard InChI is InChI=1S/C13H11NO3/c1-7-3-4-11(15)9-5-10-12(6-8(7)9)17-13(16)14(10)2/h3,5-6H,4H2,1-2H3. The number of aryl methyl sites for hydroxylation is 1. The molecule has 0 unspecified atom stereocenters. The molecule has 0 atom stereocenters. The van der Waals surface area contributed by atoms with E-state index in [0.717, 1.165) is 11.1 Å². The molecule has 1 aromatic carbocycles. The topological polar surface area (TPSA) is 52.2 Å². The SMILES string of the molecule is CC1=CCC(=O)c2cc3c(cc21)oc(=O)n3C. The Balaban J connectivity index is 2.45. The van der Waals surface area contributed by atoms with Crippen molar-refractivity contribution in [3.63, 3.8) is 0 Å². The van der Waals surface area contributed by atoms with Gasteiger partial charge in [-0.15, -0.1) is 0 Å². The van der Waals surface area contributed by atoms with E-state index in [1.165, 1.54) is 4.57 Å². The van der Waals surface area contributed by atoms with E-state index in [2.05, 4.69) is 0 Å². The zero-order chi connectivity index (χ0) is 12.2. The van der Waals surface area contributed by atoms with Crippen molar-refractivity contribution in [2.24, 2.45) is 7.05 Å². The number of fused-ring (bicyclic) bond motifs is 2. The molecule has 4 heteroatoms. The lowest BCUT2D eigenvalue weighted by Gasteiger charge is -2.13. The summed E-state index contributed by atoms with van der Waals surface area (Å²) < 4.78 is 6.53. The van der Waals surface area contributed by atoms with Crippen LogP contribution in [0, 0.1) is 0 Å². The maximum Gasteiger partial charge on any atom is 0.419 e. The van der Waals surface area contributed by atoms with Crippen molar-refractivity contribution in [1.82, 2.24) is 4.57 Å². The summed E-state index contributed by atoms with van der Waals surface area (Å²) in [5.74, 6) is -0.322. The van der Waals surface area contributed by atoms with Crippen molar-refractivity contribution < 1.29 is 9.21 Å². The van der Waals surface area contributed by atoms with E-state index in [4.69, 9.17) is 4.42 Å². The number of oxazole rings is 1. The van der Waals surface area contributed by atoms with Crippen LogP contribution >= 0.6 is 0 Å². The molecule has 3 rings (SSSR count). The third-order valence-electron chi connectivity index (χ3n) is 3.25. The van der Waals surface area contributed by atoms with E-state index in [0.29, 0.717) is 23.1 Å². The van der Waals surface area contributed by atoms with Gasteiger partial charge in [0.1, 0.15) is 0 Å². The zero-order valence-corrected chi connectivity index (χ0v) is 9.61. The Kier molecular flexibility index (Phi) is 1.90. The fourth-order valence-electron chi connectivity index (χ4n) is 2.20. The zero-order valence-electron chi connectivity index (χ0n) is 9.61. The van der Waals surface area contributed by atoms with Gasteiger partial charge in [0.2, 0.25) is 0 Å². The minimum atomic E-state index is -0.406. The van der Waals surface area contributed by atoms with Crippen LogP contribution in [0.1, 0.15) is 29.3 Å². The number of hydrogen-bond acceptors (Lipinski definition) is 3. The number of carbonyl (C=O) groups is 1. The molecule has 17 heavy (non-hydrogen) atoms. The molecule has 1 aromatic heterocycles. The fourth-order valence-corrected chi connectivity index (χ4v) is 2.20. The van der Waals surface area contributed by atoms with Gasteiger partial charge in [-0.1, -0.05) is 6.08 Å². The second-order valence-corrected chi connectivity index (χ2v) is 4.31. The molecular weight excluding hydrogens is 218 g/mol. The summed E-state index contributed by atoms with van der Waals surface area (Å²) >= 11 is 0. The van der Waals surface area contributed by atoms with Crippen LogP contribution < -0.4 is 5.76 Å². The lowest BCUT2D eigenvalue weighted by molar-refractivity contribution is 0.0994. The average Bonchev–Trinajstić information content (AvgIpc) is 2.59. The monoisotopic (exact) mass is 229 g/mol. The average molecular weight is 229 g/mol. The minimum absolute atomic E-state index is 0.0844. The molecule has 0 saturated heterocycles. The predicted molar refractivity (Wildman–Crippen MR) is 64.1 cm³/mol. The number of hydrogen-bond donors (Lipinski definition) is 0. The molecule has 0 N–H and O–H groups in total. The van der Waals surface area contributed by atoms with E-state index in [1.807, 2.05) is 13.0 Å².